The van der Waals surface area contributed by atoms with Crippen molar-refractivity contribution in [1.82, 2.24) is 0 Å². The molecule has 0 bridgehead atoms. The molecular weight excluding hydrogens is 216 g/mol. The molecule has 1 atom stereocenters. The maximum absolute atomic E-state index is 11.5. The number of allylic oxidation sites excluding steroid dienone is 2. The van der Waals surface area contributed by atoms with Gasteiger partial charge >= 0.3 is 5.97 Å². The van der Waals surface area contributed by atoms with Crippen molar-refractivity contribution >= 4 is 5.97 Å². The summed E-state index contributed by atoms with van der Waals surface area (Å²) in [5, 5.41) is 9.43. The molecule has 0 fully saturated rings. The van der Waals surface area contributed by atoms with Crippen LogP contribution in [-0.2, 0) is 11.2 Å². The highest BCUT2D eigenvalue weighted by molar-refractivity contribution is 5.76. The number of hydrogen-bond donors (Lipinski definition) is 1. The Bertz CT molecular complexity index is 451. The molecule has 0 aliphatic carbocycles. The Morgan fingerprint density at radius 2 is 2.29 bits per heavy atom. The molecule has 1 heterocycles. The van der Waals surface area contributed by atoms with Crippen LogP contribution in [0.1, 0.15) is 18.9 Å². The highest BCUT2D eigenvalue weighted by atomic mass is 16.5. The van der Waals surface area contributed by atoms with E-state index in [-0.39, 0.29) is 6.61 Å². The molecule has 1 N–H and O–H groups in total. The van der Waals surface area contributed by atoms with Crippen LogP contribution in [0.3, 0.4) is 0 Å². The van der Waals surface area contributed by atoms with E-state index in [1.54, 1.807) is 0 Å². The molecule has 1 aromatic carbocycles. The van der Waals surface area contributed by atoms with Crippen LogP contribution in [0.4, 0.5) is 0 Å². The number of aliphatic carboxylic acids is 1. The van der Waals surface area contributed by atoms with E-state index < -0.39 is 11.4 Å². The summed E-state index contributed by atoms with van der Waals surface area (Å²) in [6.07, 6.45) is 4.81. The second-order valence-corrected chi connectivity index (χ2v) is 4.43. The molecule has 0 saturated heterocycles. The first kappa shape index (κ1) is 11.7. The van der Waals surface area contributed by atoms with Crippen LogP contribution in [0.2, 0.25) is 0 Å². The summed E-state index contributed by atoms with van der Waals surface area (Å²) < 4.78 is 5.58. The van der Waals surface area contributed by atoms with Gasteiger partial charge in [-0.15, -0.1) is 0 Å². The smallest absolute Gasteiger partial charge is 0.313 e. The van der Waals surface area contributed by atoms with Crippen molar-refractivity contribution in [2.75, 3.05) is 6.61 Å². The van der Waals surface area contributed by atoms with Crippen LogP contribution < -0.4 is 4.74 Å². The first-order valence-electron chi connectivity index (χ1n) is 5.73. The summed E-state index contributed by atoms with van der Waals surface area (Å²) in [7, 11) is 0. The molecule has 1 aliphatic heterocycles. The van der Waals surface area contributed by atoms with Gasteiger partial charge in [0.25, 0.3) is 0 Å². The zero-order valence-corrected chi connectivity index (χ0v) is 9.85. The summed E-state index contributed by atoms with van der Waals surface area (Å²) in [5.41, 5.74) is 0.159. The highest BCUT2D eigenvalue weighted by Gasteiger charge is 2.41. The van der Waals surface area contributed by atoms with Crippen LogP contribution in [-0.4, -0.2) is 17.7 Å². The van der Waals surface area contributed by atoms with Crippen molar-refractivity contribution in [2.24, 2.45) is 5.41 Å². The normalized spacial score (nSPS) is 23.1. The minimum Gasteiger partial charge on any atom is -0.492 e. The number of benzene rings is 1. The second-order valence-electron chi connectivity index (χ2n) is 4.43. The van der Waals surface area contributed by atoms with Gasteiger partial charge in [0.2, 0.25) is 0 Å². The third-order valence-electron chi connectivity index (χ3n) is 3.20. The van der Waals surface area contributed by atoms with Gasteiger partial charge in [-0.1, -0.05) is 30.4 Å². The van der Waals surface area contributed by atoms with Gasteiger partial charge in [-0.05, 0) is 31.4 Å². The molecule has 3 nitrogen and oxygen atoms in total. The Balaban J connectivity index is 2.30. The van der Waals surface area contributed by atoms with Gasteiger partial charge in [-0.2, -0.15) is 0 Å². The Morgan fingerprint density at radius 3 is 3.00 bits per heavy atom. The fraction of sp³-hybridized carbons (Fsp3) is 0.357. The van der Waals surface area contributed by atoms with Crippen molar-refractivity contribution in [3.8, 4) is 5.75 Å². The van der Waals surface area contributed by atoms with Crippen molar-refractivity contribution in [2.45, 2.75) is 19.8 Å². The van der Waals surface area contributed by atoms with Crippen LogP contribution in [0, 0.1) is 5.41 Å². The Labute approximate surface area is 101 Å². The molecule has 17 heavy (non-hydrogen) atoms. The molecule has 1 unspecified atom stereocenters. The van der Waals surface area contributed by atoms with Crippen LogP contribution >= 0.6 is 0 Å². The quantitative estimate of drug-likeness (QED) is 0.815. The molecule has 0 radical (unpaired) electrons. The molecule has 0 amide bonds. The number of fused-ring (bicyclic) bond motifs is 1. The number of para-hydroxylation sites is 1. The van der Waals surface area contributed by atoms with Crippen LogP contribution in [0.25, 0.3) is 0 Å². The lowest BCUT2D eigenvalue weighted by molar-refractivity contribution is -0.151. The fourth-order valence-electron chi connectivity index (χ4n) is 2.12. The van der Waals surface area contributed by atoms with Crippen LogP contribution in [0.15, 0.2) is 36.4 Å². The van der Waals surface area contributed by atoms with Crippen molar-refractivity contribution in [3.05, 3.63) is 42.0 Å². The number of carboxylic acids is 1. The topological polar surface area (TPSA) is 46.5 Å². The van der Waals surface area contributed by atoms with Gasteiger partial charge in [-0.25, -0.2) is 0 Å². The summed E-state index contributed by atoms with van der Waals surface area (Å²) in [4.78, 5) is 11.5. The number of carboxylic acid groups (broad SMARTS) is 1. The maximum Gasteiger partial charge on any atom is 0.313 e. The monoisotopic (exact) mass is 232 g/mol. The minimum atomic E-state index is -0.819. The fourth-order valence-corrected chi connectivity index (χ4v) is 2.12. The zero-order valence-electron chi connectivity index (χ0n) is 9.85. The van der Waals surface area contributed by atoms with E-state index in [1.807, 2.05) is 43.3 Å². The predicted molar refractivity (Wildman–Crippen MR) is 65.1 cm³/mol. The Kier molecular flexibility index (Phi) is 3.18. The second kappa shape index (κ2) is 4.62. The molecule has 3 heteroatoms. The van der Waals surface area contributed by atoms with Gasteiger partial charge < -0.3 is 9.84 Å². The van der Waals surface area contributed by atoms with Crippen molar-refractivity contribution < 1.29 is 14.6 Å². The zero-order chi connectivity index (χ0) is 12.3. The SMILES string of the molecule is CC=CCC1(C(=O)O)COc2ccccc2C1. The van der Waals surface area contributed by atoms with E-state index in [1.165, 1.54) is 0 Å². The first-order chi connectivity index (χ1) is 8.18. The summed E-state index contributed by atoms with van der Waals surface area (Å²) in [6.45, 7) is 2.14. The van der Waals surface area contributed by atoms with Gasteiger partial charge in [-0.3, -0.25) is 4.79 Å². The molecular formula is C14H16O3. The summed E-state index contributed by atoms with van der Waals surface area (Å²) in [6, 6.07) is 7.63. The molecule has 0 spiro atoms. The molecule has 0 saturated carbocycles. The third kappa shape index (κ3) is 2.18. The molecule has 2 rings (SSSR count). The Morgan fingerprint density at radius 1 is 1.53 bits per heavy atom. The maximum atomic E-state index is 11.5. The number of rotatable bonds is 3. The molecule has 1 aromatic rings. The first-order valence-corrected chi connectivity index (χ1v) is 5.73. The van der Waals surface area contributed by atoms with Crippen LogP contribution in [0.5, 0.6) is 5.75 Å². The number of hydrogen-bond acceptors (Lipinski definition) is 2. The number of ether oxygens (including phenoxy) is 1. The lowest BCUT2D eigenvalue weighted by atomic mass is 9.77. The average molecular weight is 232 g/mol. The van der Waals surface area contributed by atoms with Gasteiger partial charge in [0.05, 0.1) is 0 Å². The van der Waals surface area contributed by atoms with Gasteiger partial charge in [0, 0.05) is 0 Å². The van der Waals surface area contributed by atoms with Gasteiger partial charge in [0.15, 0.2) is 0 Å². The third-order valence-corrected chi connectivity index (χ3v) is 3.20. The largest absolute Gasteiger partial charge is 0.492 e. The minimum absolute atomic E-state index is 0.240. The Hall–Kier alpha value is -1.77. The summed E-state index contributed by atoms with van der Waals surface area (Å²) in [5.74, 6) is 0.0231. The van der Waals surface area contributed by atoms with E-state index in [0.717, 1.165) is 11.3 Å². The van der Waals surface area contributed by atoms with Gasteiger partial charge in [0.1, 0.15) is 17.8 Å². The van der Waals surface area contributed by atoms with E-state index in [2.05, 4.69) is 0 Å². The van der Waals surface area contributed by atoms with E-state index in [9.17, 15) is 9.90 Å². The predicted octanol–water partition coefficient (Wildman–Crippen LogP) is 2.66. The van der Waals surface area contributed by atoms with E-state index in [0.29, 0.717) is 12.8 Å². The standard InChI is InChI=1S/C14H16O3/c1-2-3-8-14(13(15)16)9-11-6-4-5-7-12(11)17-10-14/h2-7H,8-10H2,1H3,(H,15,16). The number of carbonyl (C=O) groups is 1. The van der Waals surface area contributed by atoms with E-state index >= 15 is 0 Å². The molecule has 1 aliphatic rings. The molecule has 0 aromatic heterocycles. The molecule has 90 valence electrons. The van der Waals surface area contributed by atoms with Crippen molar-refractivity contribution in [1.29, 1.82) is 0 Å². The van der Waals surface area contributed by atoms with E-state index in [4.69, 9.17) is 4.74 Å². The lowest BCUT2D eigenvalue weighted by Gasteiger charge is -2.33. The average Bonchev–Trinajstić information content (AvgIpc) is 2.36. The van der Waals surface area contributed by atoms with Crippen molar-refractivity contribution in [3.63, 3.8) is 0 Å². The highest BCUT2D eigenvalue weighted by Crippen LogP contribution is 2.37. The lowest BCUT2D eigenvalue weighted by Crippen LogP contribution is -2.41. The summed E-state index contributed by atoms with van der Waals surface area (Å²) >= 11 is 0.